The number of nitrogens with one attached hydrogen (secondary N) is 3. The van der Waals surface area contributed by atoms with Crippen LogP contribution in [0, 0.1) is 40.9 Å². The van der Waals surface area contributed by atoms with E-state index >= 15 is 0 Å². The fourth-order valence-electron chi connectivity index (χ4n) is 3.50. The first-order valence-corrected chi connectivity index (χ1v) is 8.23. The predicted molar refractivity (Wildman–Crippen MR) is 97.8 cm³/mol. The molecule has 0 aromatic heterocycles. The van der Waals surface area contributed by atoms with Crippen molar-refractivity contribution in [3.8, 4) is 0 Å². The predicted octanol–water partition coefficient (Wildman–Crippen LogP) is -2.34. The number of hydrogen-bond acceptors (Lipinski definition) is 8. The zero-order chi connectivity index (χ0) is 20.0. The number of rotatable bonds is 8. The lowest BCUT2D eigenvalue weighted by Gasteiger charge is -2.45. The van der Waals surface area contributed by atoms with Gasteiger partial charge in [-0.1, -0.05) is 24.4 Å². The molecule has 1 rings (SSSR count). The first-order chi connectivity index (χ1) is 12.3. The number of amides is 4. The number of nitrogens with two attached hydrogens (primary N) is 2. The summed E-state index contributed by atoms with van der Waals surface area (Å²) in [5.41, 5.74) is 12.4. The third-order valence-electron chi connectivity index (χ3n) is 4.45. The van der Waals surface area contributed by atoms with Crippen LogP contribution in [0.2, 0.25) is 0 Å². The Kier molecular flexibility index (Phi) is 7.58. The lowest BCUT2D eigenvalue weighted by molar-refractivity contribution is -0.154. The Balaban J connectivity index is 3.67. The van der Waals surface area contributed by atoms with Gasteiger partial charge >= 0.3 is 0 Å². The summed E-state index contributed by atoms with van der Waals surface area (Å²) in [4.78, 5) is 60.5. The Labute approximate surface area is 158 Å². The molecule has 1 saturated carbocycles. The molecule has 140 valence electrons. The van der Waals surface area contributed by atoms with Gasteiger partial charge in [0, 0.05) is 11.8 Å². The summed E-state index contributed by atoms with van der Waals surface area (Å²) in [5.74, 6) is -12.1. The van der Waals surface area contributed by atoms with E-state index in [0.717, 1.165) is 17.2 Å². The molecule has 0 saturated heterocycles. The Bertz CT molecular complexity index is 614. The van der Waals surface area contributed by atoms with Crippen LogP contribution in [0.15, 0.2) is 0 Å². The standard InChI is InChI=1S/C14H17N5O5S2/c15-1-5-7(11(16)21)8(12(17)22)6(2-20)10(14(24)19-4-26)9(5)13(23)18-3-25/h1-10,15H,(H2,16,21)(H2,17,22)(H,18,23,25)(H,19,24,26). The van der Waals surface area contributed by atoms with Crippen molar-refractivity contribution in [3.63, 3.8) is 0 Å². The molecular weight excluding hydrogens is 382 g/mol. The van der Waals surface area contributed by atoms with E-state index in [1.54, 1.807) is 0 Å². The normalized spacial score (nSPS) is 30.3. The SMILES string of the molecule is N=CC1C(C(N)=O)C(C(N)=O)C(C=O)C(C(=O)NC=S)C1C(=O)NC=S. The largest absolute Gasteiger partial charge is 0.369 e. The van der Waals surface area contributed by atoms with Crippen molar-refractivity contribution in [1.29, 1.82) is 5.41 Å². The molecule has 0 spiro atoms. The van der Waals surface area contributed by atoms with E-state index in [9.17, 15) is 24.0 Å². The van der Waals surface area contributed by atoms with Gasteiger partial charge in [-0.3, -0.25) is 19.2 Å². The molecule has 7 N–H and O–H groups in total. The van der Waals surface area contributed by atoms with Gasteiger partial charge in [0.15, 0.2) is 0 Å². The summed E-state index contributed by atoms with van der Waals surface area (Å²) < 4.78 is 0. The maximum Gasteiger partial charge on any atom is 0.229 e. The van der Waals surface area contributed by atoms with Crippen LogP contribution in [0.3, 0.4) is 0 Å². The Morgan fingerprint density at radius 2 is 1.19 bits per heavy atom. The Morgan fingerprint density at radius 3 is 1.50 bits per heavy atom. The van der Waals surface area contributed by atoms with Crippen molar-refractivity contribution < 1.29 is 24.0 Å². The highest BCUT2D eigenvalue weighted by molar-refractivity contribution is 7.79. The number of thiocarbonyl (C=S) groups is 2. The van der Waals surface area contributed by atoms with E-state index in [4.69, 9.17) is 16.9 Å². The van der Waals surface area contributed by atoms with E-state index in [0.29, 0.717) is 0 Å². The molecule has 10 nitrogen and oxygen atoms in total. The van der Waals surface area contributed by atoms with E-state index < -0.39 is 59.1 Å². The molecule has 1 aliphatic carbocycles. The highest BCUT2D eigenvalue weighted by Gasteiger charge is 2.58. The van der Waals surface area contributed by atoms with Gasteiger partial charge in [-0.05, 0) is 6.21 Å². The first kappa shape index (κ1) is 21.4. The fourth-order valence-corrected chi connectivity index (χ4v) is 3.73. The summed E-state index contributed by atoms with van der Waals surface area (Å²) in [6.45, 7) is 0. The van der Waals surface area contributed by atoms with Gasteiger partial charge in [0.1, 0.15) is 6.29 Å². The molecule has 0 radical (unpaired) electrons. The summed E-state index contributed by atoms with van der Waals surface area (Å²) in [6.07, 6.45) is 1.01. The van der Waals surface area contributed by atoms with Gasteiger partial charge in [0.25, 0.3) is 0 Å². The van der Waals surface area contributed by atoms with Gasteiger partial charge < -0.3 is 32.3 Å². The van der Waals surface area contributed by atoms with Crippen molar-refractivity contribution in [2.24, 2.45) is 47.0 Å². The summed E-state index contributed by atoms with van der Waals surface area (Å²) in [5, 5.41) is 12.0. The van der Waals surface area contributed by atoms with Crippen LogP contribution in [-0.4, -0.2) is 47.1 Å². The highest BCUT2D eigenvalue weighted by atomic mass is 32.1. The molecular formula is C14H17N5O5S2. The van der Waals surface area contributed by atoms with Crippen LogP contribution in [0.25, 0.3) is 0 Å². The van der Waals surface area contributed by atoms with Crippen molar-refractivity contribution >= 4 is 71.5 Å². The van der Waals surface area contributed by atoms with Crippen LogP contribution in [0.4, 0.5) is 0 Å². The van der Waals surface area contributed by atoms with Gasteiger partial charge in [-0.25, -0.2) is 0 Å². The van der Waals surface area contributed by atoms with Gasteiger partial charge in [-0.2, -0.15) is 0 Å². The molecule has 6 atom stereocenters. The molecule has 0 bridgehead atoms. The number of primary amides is 2. The van der Waals surface area contributed by atoms with Crippen LogP contribution < -0.4 is 22.1 Å². The maximum absolute atomic E-state index is 12.5. The second-order valence-corrected chi connectivity index (χ2v) is 6.09. The Morgan fingerprint density at radius 1 is 0.808 bits per heavy atom. The number of carbonyl (C=O) groups excluding carboxylic acids is 5. The second kappa shape index (κ2) is 9.20. The second-order valence-electron chi connectivity index (χ2n) is 5.62. The minimum atomic E-state index is -1.46. The number of hydrogen-bond donors (Lipinski definition) is 5. The molecule has 0 aromatic carbocycles. The lowest BCUT2D eigenvalue weighted by atomic mass is 9.56. The molecule has 0 heterocycles. The average molecular weight is 399 g/mol. The summed E-state index contributed by atoms with van der Waals surface area (Å²) >= 11 is 9.11. The van der Waals surface area contributed by atoms with Gasteiger partial charge in [0.05, 0.1) is 34.7 Å². The lowest BCUT2D eigenvalue weighted by Crippen LogP contribution is -2.61. The minimum absolute atomic E-state index is 0.275. The Hall–Kier alpha value is -2.60. The van der Waals surface area contributed by atoms with Crippen molar-refractivity contribution in [2.45, 2.75) is 0 Å². The first-order valence-electron chi connectivity index (χ1n) is 7.29. The van der Waals surface area contributed by atoms with Crippen LogP contribution in [0.5, 0.6) is 0 Å². The van der Waals surface area contributed by atoms with Crippen molar-refractivity contribution in [1.82, 2.24) is 10.6 Å². The van der Waals surface area contributed by atoms with Gasteiger partial charge in [-0.15, -0.1) is 0 Å². The van der Waals surface area contributed by atoms with Gasteiger partial charge in [0.2, 0.25) is 23.6 Å². The topological polar surface area (TPSA) is 185 Å². The monoisotopic (exact) mass is 399 g/mol. The average Bonchev–Trinajstić information content (AvgIpc) is 2.58. The van der Waals surface area contributed by atoms with Crippen LogP contribution in [-0.2, 0) is 24.0 Å². The third-order valence-corrected chi connectivity index (χ3v) is 4.68. The van der Waals surface area contributed by atoms with E-state index in [2.05, 4.69) is 35.1 Å². The van der Waals surface area contributed by atoms with E-state index in [1.807, 2.05) is 0 Å². The van der Waals surface area contributed by atoms with E-state index in [-0.39, 0.29) is 6.29 Å². The zero-order valence-corrected chi connectivity index (χ0v) is 14.9. The smallest absolute Gasteiger partial charge is 0.229 e. The molecule has 1 fully saturated rings. The molecule has 0 aliphatic heterocycles. The molecule has 1 aliphatic rings. The number of carbonyl (C=O) groups is 5. The van der Waals surface area contributed by atoms with E-state index in [1.165, 1.54) is 0 Å². The molecule has 26 heavy (non-hydrogen) atoms. The van der Waals surface area contributed by atoms with Crippen molar-refractivity contribution in [3.05, 3.63) is 0 Å². The van der Waals surface area contributed by atoms with Crippen LogP contribution >= 0.6 is 24.4 Å². The molecule has 0 aromatic rings. The third kappa shape index (κ3) is 3.96. The fraction of sp³-hybridized carbons (Fsp3) is 0.429. The quantitative estimate of drug-likeness (QED) is 0.172. The molecule has 12 heteroatoms. The summed E-state index contributed by atoms with van der Waals surface area (Å²) in [7, 11) is 0. The summed E-state index contributed by atoms with van der Waals surface area (Å²) in [6, 6.07) is 0. The minimum Gasteiger partial charge on any atom is -0.369 e. The molecule has 6 unspecified atom stereocenters. The maximum atomic E-state index is 12.5. The highest BCUT2D eigenvalue weighted by Crippen LogP contribution is 2.45. The molecule has 4 amide bonds. The number of aldehydes is 1. The van der Waals surface area contributed by atoms with Crippen LogP contribution in [0.1, 0.15) is 0 Å². The zero-order valence-electron chi connectivity index (χ0n) is 13.3. The van der Waals surface area contributed by atoms with Crippen molar-refractivity contribution in [2.75, 3.05) is 0 Å².